The van der Waals surface area contributed by atoms with Crippen molar-refractivity contribution in [3.63, 3.8) is 0 Å². The van der Waals surface area contributed by atoms with Gasteiger partial charge in [0.1, 0.15) is 11.4 Å². The average Bonchev–Trinajstić information content (AvgIpc) is 3.35. The number of amides is 2. The predicted molar refractivity (Wildman–Crippen MR) is 131 cm³/mol. The van der Waals surface area contributed by atoms with E-state index in [2.05, 4.69) is 5.48 Å². The fraction of sp³-hybridized carbons (Fsp3) is 0.417. The minimum Gasteiger partial charge on any atom is -0.493 e. The average molecular weight is 507 g/mol. The van der Waals surface area contributed by atoms with Crippen molar-refractivity contribution in [1.82, 2.24) is 10.4 Å². The summed E-state index contributed by atoms with van der Waals surface area (Å²) in [7, 11) is 7.53. The lowest BCUT2D eigenvalue weighted by atomic mass is 10.1. The Bertz CT molecular complexity index is 1040. The van der Waals surface area contributed by atoms with Crippen LogP contribution in [0.3, 0.4) is 0 Å². The van der Waals surface area contributed by atoms with Gasteiger partial charge in [-0.25, -0.2) is 5.48 Å². The van der Waals surface area contributed by atoms with Gasteiger partial charge in [0.25, 0.3) is 11.8 Å². The smallest absolute Gasteiger partial charge is 0.267 e. The van der Waals surface area contributed by atoms with Gasteiger partial charge < -0.3 is 28.6 Å². The molecule has 1 saturated heterocycles. The highest BCUT2D eigenvalue weighted by Crippen LogP contribution is 2.45. The number of benzene rings is 2. The van der Waals surface area contributed by atoms with Crippen LogP contribution < -0.4 is 29.2 Å². The Morgan fingerprint density at radius 2 is 1.54 bits per heavy atom. The molecule has 190 valence electrons. The number of carbonyl (C=O) groups is 2. The second kappa shape index (κ2) is 11.9. The molecule has 1 heterocycles. The Kier molecular flexibility index (Phi) is 8.94. The van der Waals surface area contributed by atoms with Crippen LogP contribution in [-0.2, 0) is 9.63 Å². The summed E-state index contributed by atoms with van der Waals surface area (Å²) in [5.74, 6) is 1.69. The SMILES string of the molecule is CCONC(=O)C1CSC(c2ccc(OC)c(OC)c2)N1C(=O)c1cc(OC)c(OC)c(OC)c1. The van der Waals surface area contributed by atoms with E-state index in [4.69, 9.17) is 28.5 Å². The molecule has 1 aliphatic rings. The Morgan fingerprint density at radius 1 is 0.914 bits per heavy atom. The molecule has 0 saturated carbocycles. The van der Waals surface area contributed by atoms with Gasteiger partial charge in [-0.05, 0) is 36.8 Å². The maximum absolute atomic E-state index is 13.9. The molecule has 35 heavy (non-hydrogen) atoms. The van der Waals surface area contributed by atoms with E-state index in [1.54, 1.807) is 45.4 Å². The first-order chi connectivity index (χ1) is 16.9. The fourth-order valence-electron chi connectivity index (χ4n) is 3.78. The van der Waals surface area contributed by atoms with Crippen molar-refractivity contribution in [2.75, 3.05) is 47.9 Å². The van der Waals surface area contributed by atoms with E-state index >= 15 is 0 Å². The van der Waals surface area contributed by atoms with Crippen LogP contribution in [0.1, 0.15) is 28.2 Å². The number of carbonyl (C=O) groups excluding carboxylic acids is 2. The van der Waals surface area contributed by atoms with Crippen LogP contribution in [0.4, 0.5) is 0 Å². The number of rotatable bonds is 10. The van der Waals surface area contributed by atoms with Gasteiger partial charge in [-0.15, -0.1) is 11.8 Å². The standard InChI is InChI=1S/C24H30N2O8S/c1-7-34-25-22(27)16-13-35-24(14-8-9-17(29-2)18(10-14)30-3)26(16)23(28)15-11-19(31-4)21(33-6)20(12-15)32-5/h8-12,16,24H,7,13H2,1-6H3,(H,25,27). The summed E-state index contributed by atoms with van der Waals surface area (Å²) in [5, 5.41) is -0.473. The number of thioether (sulfide) groups is 1. The van der Waals surface area contributed by atoms with Crippen LogP contribution in [0.15, 0.2) is 30.3 Å². The normalized spacial score (nSPS) is 17.0. The van der Waals surface area contributed by atoms with Crippen molar-refractivity contribution in [2.24, 2.45) is 0 Å². The highest BCUT2D eigenvalue weighted by molar-refractivity contribution is 7.99. The minimum absolute atomic E-state index is 0.279. The molecule has 10 nitrogen and oxygen atoms in total. The first kappa shape index (κ1) is 26.3. The number of ether oxygens (including phenoxy) is 5. The first-order valence-corrected chi connectivity index (χ1v) is 11.9. The van der Waals surface area contributed by atoms with Crippen LogP contribution >= 0.6 is 11.8 Å². The lowest BCUT2D eigenvalue weighted by Crippen LogP contribution is -2.48. The number of nitrogens with one attached hydrogen (secondary N) is 1. The Hall–Kier alpha value is -3.31. The lowest BCUT2D eigenvalue weighted by molar-refractivity contribution is -0.137. The molecule has 0 aliphatic carbocycles. The Morgan fingerprint density at radius 3 is 2.09 bits per heavy atom. The third-order valence-corrected chi connectivity index (χ3v) is 6.78. The van der Waals surface area contributed by atoms with Gasteiger partial charge in [0, 0.05) is 11.3 Å². The molecule has 0 radical (unpaired) electrons. The highest BCUT2D eigenvalue weighted by Gasteiger charge is 2.43. The molecule has 0 aromatic heterocycles. The third kappa shape index (κ3) is 5.35. The molecular formula is C24H30N2O8S. The van der Waals surface area contributed by atoms with Crippen molar-refractivity contribution in [2.45, 2.75) is 18.3 Å². The number of methoxy groups -OCH3 is 5. The Labute approximate surface area is 208 Å². The second-order valence-corrected chi connectivity index (χ2v) is 8.45. The molecule has 11 heteroatoms. The number of hydroxylamine groups is 1. The molecule has 2 atom stereocenters. The van der Waals surface area contributed by atoms with E-state index in [0.29, 0.717) is 41.1 Å². The molecule has 1 aliphatic heterocycles. The zero-order chi connectivity index (χ0) is 25.5. The summed E-state index contributed by atoms with van der Waals surface area (Å²) in [5.41, 5.74) is 3.48. The summed E-state index contributed by atoms with van der Waals surface area (Å²) in [4.78, 5) is 33.5. The van der Waals surface area contributed by atoms with Crippen LogP contribution in [-0.4, -0.2) is 70.7 Å². The predicted octanol–water partition coefficient (Wildman–Crippen LogP) is 3.05. The topological polar surface area (TPSA) is 105 Å². The van der Waals surface area contributed by atoms with E-state index in [0.717, 1.165) is 5.56 Å². The molecule has 1 fully saturated rings. The second-order valence-electron chi connectivity index (χ2n) is 7.34. The maximum atomic E-state index is 13.9. The van der Waals surface area contributed by atoms with Crippen molar-refractivity contribution >= 4 is 23.6 Å². The number of hydrogen-bond acceptors (Lipinski definition) is 9. The van der Waals surface area contributed by atoms with E-state index in [1.165, 1.54) is 38.0 Å². The molecule has 2 aromatic carbocycles. The first-order valence-electron chi connectivity index (χ1n) is 10.8. The molecule has 3 rings (SSSR count). The molecule has 2 unspecified atom stereocenters. The molecular weight excluding hydrogens is 476 g/mol. The van der Waals surface area contributed by atoms with Gasteiger partial charge in [-0.2, -0.15) is 0 Å². The molecule has 2 aromatic rings. The summed E-state index contributed by atoms with van der Waals surface area (Å²) >= 11 is 1.46. The summed E-state index contributed by atoms with van der Waals surface area (Å²) < 4.78 is 27.0. The van der Waals surface area contributed by atoms with Gasteiger partial charge in [0.05, 0.1) is 42.2 Å². The molecule has 0 spiro atoms. The van der Waals surface area contributed by atoms with Crippen molar-refractivity contribution < 1.29 is 38.1 Å². The van der Waals surface area contributed by atoms with Crippen LogP contribution in [0.2, 0.25) is 0 Å². The number of hydrogen-bond donors (Lipinski definition) is 1. The molecule has 1 N–H and O–H groups in total. The highest BCUT2D eigenvalue weighted by atomic mass is 32.2. The quantitative estimate of drug-likeness (QED) is 0.487. The van der Waals surface area contributed by atoms with E-state index in [-0.39, 0.29) is 11.5 Å². The third-order valence-electron chi connectivity index (χ3n) is 5.46. The van der Waals surface area contributed by atoms with Crippen molar-refractivity contribution in [3.05, 3.63) is 41.5 Å². The van der Waals surface area contributed by atoms with Gasteiger partial charge in [-0.1, -0.05) is 6.07 Å². The lowest BCUT2D eigenvalue weighted by Gasteiger charge is -2.29. The van der Waals surface area contributed by atoms with Crippen LogP contribution in [0.5, 0.6) is 28.7 Å². The van der Waals surface area contributed by atoms with Crippen LogP contribution in [0, 0.1) is 0 Å². The zero-order valence-electron chi connectivity index (χ0n) is 20.6. The largest absolute Gasteiger partial charge is 0.493 e. The number of nitrogens with zero attached hydrogens (tertiary/aromatic N) is 1. The van der Waals surface area contributed by atoms with E-state index in [1.807, 2.05) is 6.07 Å². The van der Waals surface area contributed by atoms with Crippen molar-refractivity contribution in [1.29, 1.82) is 0 Å². The van der Waals surface area contributed by atoms with Gasteiger partial charge in [0.15, 0.2) is 23.0 Å². The minimum atomic E-state index is -0.781. The van der Waals surface area contributed by atoms with Crippen molar-refractivity contribution in [3.8, 4) is 28.7 Å². The van der Waals surface area contributed by atoms with Gasteiger partial charge in [0.2, 0.25) is 5.75 Å². The molecule has 2 amide bonds. The fourth-order valence-corrected chi connectivity index (χ4v) is 5.20. The summed E-state index contributed by atoms with van der Waals surface area (Å²) in [6.07, 6.45) is 0. The summed E-state index contributed by atoms with van der Waals surface area (Å²) in [6, 6.07) is 7.76. The van der Waals surface area contributed by atoms with E-state index in [9.17, 15) is 9.59 Å². The summed E-state index contributed by atoms with van der Waals surface area (Å²) in [6.45, 7) is 2.06. The maximum Gasteiger partial charge on any atom is 0.267 e. The monoisotopic (exact) mass is 506 g/mol. The van der Waals surface area contributed by atoms with E-state index < -0.39 is 17.3 Å². The van der Waals surface area contributed by atoms with Crippen LogP contribution in [0.25, 0.3) is 0 Å². The molecule has 0 bridgehead atoms. The zero-order valence-corrected chi connectivity index (χ0v) is 21.4. The van der Waals surface area contributed by atoms with Gasteiger partial charge >= 0.3 is 0 Å². The Balaban J connectivity index is 2.07. The van der Waals surface area contributed by atoms with Gasteiger partial charge in [-0.3, -0.25) is 14.4 Å².